The number of likely N-dealkylation sites (N-methyl/N-ethyl adjacent to an activating group) is 1. The number of ether oxygens (including phenoxy) is 1. The van der Waals surface area contributed by atoms with E-state index in [1.165, 1.54) is 5.56 Å². The van der Waals surface area contributed by atoms with E-state index in [1.54, 1.807) is 6.92 Å². The first kappa shape index (κ1) is 18.8. The van der Waals surface area contributed by atoms with Crippen LogP contribution in [0.4, 0.5) is 5.69 Å². The van der Waals surface area contributed by atoms with Crippen molar-refractivity contribution >= 4 is 11.6 Å². The van der Waals surface area contributed by atoms with Crippen molar-refractivity contribution in [1.82, 2.24) is 5.32 Å². The molecule has 0 radical (unpaired) electrons. The molecule has 2 aromatic carbocycles. The number of rotatable bonds is 7. The van der Waals surface area contributed by atoms with Crippen molar-refractivity contribution in [1.29, 1.82) is 0 Å². The highest BCUT2D eigenvalue weighted by atomic mass is 16.5. The zero-order valence-corrected chi connectivity index (χ0v) is 15.8. The van der Waals surface area contributed by atoms with E-state index in [4.69, 9.17) is 4.74 Å². The maximum Gasteiger partial charge on any atom is 0.260 e. The van der Waals surface area contributed by atoms with Crippen molar-refractivity contribution in [2.45, 2.75) is 33.8 Å². The number of nitrogens with one attached hydrogen (secondary N) is 1. The van der Waals surface area contributed by atoms with Gasteiger partial charge in [-0.25, -0.2) is 0 Å². The van der Waals surface area contributed by atoms with Crippen LogP contribution in [-0.2, 0) is 4.79 Å². The first-order chi connectivity index (χ1) is 11.8. The number of carbonyl (C=O) groups is 1. The Morgan fingerprint density at radius 3 is 2.24 bits per heavy atom. The Morgan fingerprint density at radius 2 is 1.64 bits per heavy atom. The average molecular weight is 340 g/mol. The fourth-order valence-corrected chi connectivity index (χ4v) is 2.68. The summed E-state index contributed by atoms with van der Waals surface area (Å²) in [6.07, 6.45) is -0.522. The molecule has 0 bridgehead atoms. The predicted octanol–water partition coefficient (Wildman–Crippen LogP) is 3.63. The lowest BCUT2D eigenvalue weighted by atomic mass is 10.1. The largest absolute Gasteiger partial charge is 0.481 e. The fraction of sp³-hybridized carbons (Fsp3) is 0.381. The summed E-state index contributed by atoms with van der Waals surface area (Å²) >= 11 is 0. The Bertz CT molecular complexity index is 690. The molecule has 2 aromatic rings. The summed E-state index contributed by atoms with van der Waals surface area (Å²) in [7, 11) is 2.02. The maximum atomic E-state index is 12.2. The molecule has 1 atom stereocenters. The second kappa shape index (κ2) is 8.56. The third-order valence-corrected chi connectivity index (χ3v) is 4.10. The van der Waals surface area contributed by atoms with Gasteiger partial charge in [0.05, 0.1) is 0 Å². The third-order valence-electron chi connectivity index (χ3n) is 4.10. The van der Waals surface area contributed by atoms with Gasteiger partial charge in [-0.05, 0) is 63.1 Å². The second-order valence-electron chi connectivity index (χ2n) is 6.63. The van der Waals surface area contributed by atoms with E-state index in [0.29, 0.717) is 6.54 Å². The van der Waals surface area contributed by atoms with Crippen LogP contribution in [0.3, 0.4) is 0 Å². The van der Waals surface area contributed by atoms with Gasteiger partial charge in [0.1, 0.15) is 5.75 Å². The standard InChI is InChI=1S/C21H28N2O2/c1-15-6-8-19(9-7-15)23(5)11-10-22-21(24)18(4)25-20-13-16(2)12-17(3)14-20/h6-9,12-14,18H,10-11H2,1-5H3,(H,22,24)/t18-/m1/s1. The van der Waals surface area contributed by atoms with Crippen LogP contribution >= 0.6 is 0 Å². The van der Waals surface area contributed by atoms with Gasteiger partial charge < -0.3 is 15.0 Å². The monoisotopic (exact) mass is 340 g/mol. The van der Waals surface area contributed by atoms with Gasteiger partial charge in [-0.3, -0.25) is 4.79 Å². The highest BCUT2D eigenvalue weighted by molar-refractivity contribution is 5.80. The number of hydrogen-bond acceptors (Lipinski definition) is 3. The number of anilines is 1. The Morgan fingerprint density at radius 1 is 1.04 bits per heavy atom. The summed E-state index contributed by atoms with van der Waals surface area (Å²) in [5.74, 6) is 0.633. The lowest BCUT2D eigenvalue weighted by Gasteiger charge is -2.21. The van der Waals surface area contributed by atoms with Crippen LogP contribution in [0.2, 0.25) is 0 Å². The van der Waals surface area contributed by atoms with Crippen LogP contribution in [0.15, 0.2) is 42.5 Å². The molecule has 2 rings (SSSR count). The quantitative estimate of drug-likeness (QED) is 0.837. The summed E-state index contributed by atoms with van der Waals surface area (Å²) in [6.45, 7) is 9.20. The molecule has 4 heteroatoms. The van der Waals surface area contributed by atoms with Gasteiger partial charge in [0.15, 0.2) is 6.10 Å². The van der Waals surface area contributed by atoms with E-state index in [9.17, 15) is 4.79 Å². The van der Waals surface area contributed by atoms with Crippen molar-refractivity contribution in [3.05, 3.63) is 59.2 Å². The summed E-state index contributed by atoms with van der Waals surface area (Å²) in [5.41, 5.74) is 4.63. The summed E-state index contributed by atoms with van der Waals surface area (Å²) in [4.78, 5) is 14.3. The minimum Gasteiger partial charge on any atom is -0.481 e. The van der Waals surface area contributed by atoms with Crippen LogP contribution in [0.5, 0.6) is 5.75 Å². The van der Waals surface area contributed by atoms with E-state index in [0.717, 1.165) is 29.1 Å². The van der Waals surface area contributed by atoms with E-state index in [1.807, 2.05) is 33.0 Å². The molecule has 4 nitrogen and oxygen atoms in total. The lowest BCUT2D eigenvalue weighted by Crippen LogP contribution is -2.40. The van der Waals surface area contributed by atoms with Crippen molar-refractivity contribution in [3.63, 3.8) is 0 Å². The number of hydrogen-bond donors (Lipinski definition) is 1. The number of nitrogens with zero attached hydrogens (tertiary/aromatic N) is 1. The van der Waals surface area contributed by atoms with Crippen molar-refractivity contribution in [2.75, 3.05) is 25.0 Å². The highest BCUT2D eigenvalue weighted by Crippen LogP contribution is 2.17. The molecule has 0 spiro atoms. The van der Waals surface area contributed by atoms with E-state index >= 15 is 0 Å². The molecule has 25 heavy (non-hydrogen) atoms. The molecule has 1 amide bonds. The minimum atomic E-state index is -0.522. The summed E-state index contributed by atoms with van der Waals surface area (Å²) in [6, 6.07) is 14.3. The van der Waals surface area contributed by atoms with Crippen molar-refractivity contribution in [3.8, 4) is 5.75 Å². The normalized spacial score (nSPS) is 11.7. The molecule has 0 saturated heterocycles. The molecule has 0 unspecified atom stereocenters. The first-order valence-corrected chi connectivity index (χ1v) is 8.65. The minimum absolute atomic E-state index is 0.100. The zero-order chi connectivity index (χ0) is 18.4. The van der Waals surface area contributed by atoms with Gasteiger partial charge >= 0.3 is 0 Å². The van der Waals surface area contributed by atoms with Gasteiger partial charge in [0.2, 0.25) is 0 Å². The van der Waals surface area contributed by atoms with Crippen molar-refractivity contribution < 1.29 is 9.53 Å². The van der Waals surface area contributed by atoms with Gasteiger partial charge in [0, 0.05) is 25.8 Å². The van der Waals surface area contributed by atoms with E-state index in [2.05, 4.69) is 47.5 Å². The molecular formula is C21H28N2O2. The SMILES string of the molecule is Cc1ccc(N(C)CCNC(=O)[C@@H](C)Oc2cc(C)cc(C)c2)cc1. The zero-order valence-electron chi connectivity index (χ0n) is 15.8. The fourth-order valence-electron chi connectivity index (χ4n) is 2.68. The van der Waals surface area contributed by atoms with Gasteiger partial charge in [-0.15, -0.1) is 0 Å². The van der Waals surface area contributed by atoms with Crippen LogP contribution in [-0.4, -0.2) is 32.1 Å². The Labute approximate surface area is 150 Å². The van der Waals surface area contributed by atoms with Crippen LogP contribution in [0, 0.1) is 20.8 Å². The van der Waals surface area contributed by atoms with Crippen molar-refractivity contribution in [2.24, 2.45) is 0 Å². The molecule has 0 heterocycles. The number of benzene rings is 2. The molecule has 0 saturated carbocycles. The third kappa shape index (κ3) is 5.82. The van der Waals surface area contributed by atoms with Gasteiger partial charge in [0.25, 0.3) is 5.91 Å². The summed E-state index contributed by atoms with van der Waals surface area (Å²) in [5, 5.41) is 2.94. The Balaban J connectivity index is 1.80. The Kier molecular flexibility index (Phi) is 6.45. The lowest BCUT2D eigenvalue weighted by molar-refractivity contribution is -0.127. The average Bonchev–Trinajstić information content (AvgIpc) is 2.54. The first-order valence-electron chi connectivity index (χ1n) is 8.65. The molecule has 134 valence electrons. The topological polar surface area (TPSA) is 41.6 Å². The van der Waals surface area contributed by atoms with Gasteiger partial charge in [-0.1, -0.05) is 23.8 Å². The molecule has 0 aliphatic carbocycles. The van der Waals surface area contributed by atoms with E-state index in [-0.39, 0.29) is 5.91 Å². The van der Waals surface area contributed by atoms with Crippen LogP contribution in [0.1, 0.15) is 23.6 Å². The Hall–Kier alpha value is -2.49. The molecule has 0 aliphatic rings. The van der Waals surface area contributed by atoms with Crippen LogP contribution < -0.4 is 15.0 Å². The smallest absolute Gasteiger partial charge is 0.260 e. The maximum absolute atomic E-state index is 12.2. The highest BCUT2D eigenvalue weighted by Gasteiger charge is 2.14. The number of amides is 1. The number of aryl methyl sites for hydroxylation is 3. The molecule has 0 aliphatic heterocycles. The summed E-state index contributed by atoms with van der Waals surface area (Å²) < 4.78 is 5.77. The molecule has 0 aromatic heterocycles. The van der Waals surface area contributed by atoms with Gasteiger partial charge in [-0.2, -0.15) is 0 Å². The predicted molar refractivity (Wildman–Crippen MR) is 103 cm³/mol. The molecule has 0 fully saturated rings. The number of carbonyl (C=O) groups excluding carboxylic acids is 1. The second-order valence-corrected chi connectivity index (χ2v) is 6.63. The molecule has 1 N–H and O–H groups in total. The van der Waals surface area contributed by atoms with E-state index < -0.39 is 6.10 Å². The molecular weight excluding hydrogens is 312 g/mol. The van der Waals surface area contributed by atoms with Crippen LogP contribution in [0.25, 0.3) is 0 Å².